The largest absolute Gasteiger partial charge is 0.386 e. The lowest BCUT2D eigenvalue weighted by Gasteiger charge is -2.55. The van der Waals surface area contributed by atoms with Crippen LogP contribution < -0.4 is 0 Å². The van der Waals surface area contributed by atoms with E-state index in [1.807, 2.05) is 16.8 Å². The number of rotatable bonds is 3. The van der Waals surface area contributed by atoms with E-state index in [1.165, 1.54) is 6.42 Å². The molecule has 2 aromatic rings. The summed E-state index contributed by atoms with van der Waals surface area (Å²) in [5.74, 6) is 3.22. The second-order valence-corrected chi connectivity index (χ2v) is 12.1. The van der Waals surface area contributed by atoms with E-state index in [0.717, 1.165) is 49.6 Å². The van der Waals surface area contributed by atoms with Crippen LogP contribution in [0.15, 0.2) is 24.5 Å². The first kappa shape index (κ1) is 20.5. The number of ketones is 1. The van der Waals surface area contributed by atoms with Gasteiger partial charge in [0.25, 0.3) is 0 Å². The summed E-state index contributed by atoms with van der Waals surface area (Å²) in [6.45, 7) is 2.72. The number of pyridine rings is 1. The Morgan fingerprint density at radius 3 is 2.79 bits per heavy atom. The Morgan fingerprint density at radius 1 is 1.12 bits per heavy atom. The first-order valence-corrected chi connectivity index (χ1v) is 13.1. The maximum atomic E-state index is 14.4. The minimum atomic E-state index is -0.992. The van der Waals surface area contributed by atoms with Crippen LogP contribution in [0.1, 0.15) is 58.3 Å². The smallest absolute Gasteiger partial charge is 0.157 e. The van der Waals surface area contributed by atoms with Crippen molar-refractivity contribution in [3.63, 3.8) is 0 Å². The summed E-state index contributed by atoms with van der Waals surface area (Å²) < 4.78 is 16.3. The van der Waals surface area contributed by atoms with Crippen molar-refractivity contribution < 1.29 is 14.3 Å². The van der Waals surface area contributed by atoms with Crippen LogP contribution in [0.25, 0.3) is 11.0 Å². The van der Waals surface area contributed by atoms with Crippen LogP contribution in [-0.2, 0) is 11.3 Å². The Bertz CT molecular complexity index is 1120. The number of carbonyl (C=O) groups excluding carboxylic acids is 1. The van der Waals surface area contributed by atoms with E-state index in [-0.39, 0.29) is 17.3 Å². The third-order valence-electron chi connectivity index (χ3n) is 11.1. The quantitative estimate of drug-likeness (QED) is 0.742. The number of alkyl halides is 1. The van der Waals surface area contributed by atoms with E-state index in [1.54, 1.807) is 12.4 Å². The molecule has 7 rings (SSSR count). The number of carbonyl (C=O) groups is 1. The zero-order valence-corrected chi connectivity index (χ0v) is 19.4. The van der Waals surface area contributed by atoms with Gasteiger partial charge in [0, 0.05) is 18.0 Å². The Labute approximate surface area is 194 Å². The van der Waals surface area contributed by atoms with Crippen LogP contribution in [-0.4, -0.2) is 37.4 Å². The first-order chi connectivity index (χ1) is 15.9. The maximum absolute atomic E-state index is 14.4. The standard InChI is InChI=1S/C27H34FN3O2/c1-26-10-8-15-16-9-11-27(33)24(25(27)28)18(16)5-4-17(15)19(26)6-7-20(26)23(32)14-31-22-3-2-12-29-21(22)13-30-31/h2-3,12-13,15-20,24-25,33H,4-11,14H2,1H3. The Balaban J connectivity index is 1.10. The summed E-state index contributed by atoms with van der Waals surface area (Å²) >= 11 is 0. The average Bonchev–Trinajstić information content (AvgIpc) is 3.11. The van der Waals surface area contributed by atoms with Crippen molar-refractivity contribution in [2.75, 3.05) is 0 Å². The molecule has 5 aliphatic carbocycles. The molecule has 5 aliphatic rings. The Hall–Kier alpha value is -1.82. The minimum absolute atomic E-state index is 0.0733. The van der Waals surface area contributed by atoms with Gasteiger partial charge in [0.15, 0.2) is 5.78 Å². The van der Waals surface area contributed by atoms with Gasteiger partial charge >= 0.3 is 0 Å². The lowest BCUT2D eigenvalue weighted by molar-refractivity contribution is -0.131. The molecular formula is C27H34FN3O2. The summed E-state index contributed by atoms with van der Waals surface area (Å²) in [6.07, 6.45) is 10.8. The lowest BCUT2D eigenvalue weighted by atomic mass is 9.49. The van der Waals surface area contributed by atoms with Gasteiger partial charge in [-0.1, -0.05) is 6.92 Å². The molecule has 5 fully saturated rings. The molecule has 2 aromatic heterocycles. The number of hydrogen-bond acceptors (Lipinski definition) is 4. The third kappa shape index (κ3) is 2.70. The van der Waals surface area contributed by atoms with Crippen molar-refractivity contribution in [1.82, 2.24) is 14.8 Å². The topological polar surface area (TPSA) is 68.0 Å². The SMILES string of the molecule is CC12CCC3C4CCC5(O)C(F)C5C4CCC3C1CCC2C(=O)Cn1ncc2ncccc21. The number of aromatic nitrogens is 3. The Morgan fingerprint density at radius 2 is 1.91 bits per heavy atom. The van der Waals surface area contributed by atoms with E-state index in [4.69, 9.17) is 0 Å². The van der Waals surface area contributed by atoms with Gasteiger partial charge < -0.3 is 5.11 Å². The fraction of sp³-hybridized carbons (Fsp3) is 0.741. The summed E-state index contributed by atoms with van der Waals surface area (Å²) in [5.41, 5.74) is 0.845. The van der Waals surface area contributed by atoms with Crippen molar-refractivity contribution in [3.05, 3.63) is 24.5 Å². The highest BCUT2D eigenvalue weighted by Gasteiger charge is 2.72. The molecule has 5 saturated carbocycles. The summed E-state index contributed by atoms with van der Waals surface area (Å²) in [6, 6.07) is 3.88. The van der Waals surface area contributed by atoms with Gasteiger partial charge in [-0.05, 0) is 98.5 Å². The van der Waals surface area contributed by atoms with Gasteiger partial charge in [-0.25, -0.2) is 4.39 Å². The number of fused-ring (bicyclic) bond motifs is 8. The molecule has 0 aliphatic heterocycles. The first-order valence-electron chi connectivity index (χ1n) is 13.1. The van der Waals surface area contributed by atoms with Crippen LogP contribution in [0.2, 0.25) is 0 Å². The van der Waals surface area contributed by atoms with Gasteiger partial charge in [-0.2, -0.15) is 5.10 Å². The van der Waals surface area contributed by atoms with Crippen molar-refractivity contribution in [1.29, 1.82) is 0 Å². The third-order valence-corrected chi connectivity index (χ3v) is 11.1. The molecule has 0 bridgehead atoms. The second-order valence-electron chi connectivity index (χ2n) is 12.1. The molecule has 33 heavy (non-hydrogen) atoms. The summed E-state index contributed by atoms with van der Waals surface area (Å²) in [7, 11) is 0. The molecule has 0 radical (unpaired) electrons. The number of Topliss-reactive ketones (excluding diaryl/α,β-unsaturated/α-hetero) is 1. The molecule has 0 aromatic carbocycles. The summed E-state index contributed by atoms with van der Waals surface area (Å²) in [5, 5.41) is 15.0. The molecule has 0 amide bonds. The zero-order chi connectivity index (χ0) is 22.5. The van der Waals surface area contributed by atoms with Gasteiger partial charge in [-0.3, -0.25) is 14.5 Å². The molecule has 0 spiro atoms. The zero-order valence-electron chi connectivity index (χ0n) is 19.4. The number of nitrogens with zero attached hydrogens (tertiary/aromatic N) is 3. The molecule has 0 saturated heterocycles. The van der Waals surface area contributed by atoms with Crippen molar-refractivity contribution in [2.24, 2.45) is 46.8 Å². The van der Waals surface area contributed by atoms with E-state index < -0.39 is 11.8 Å². The molecule has 5 nitrogen and oxygen atoms in total. The number of halogens is 1. The molecular weight excluding hydrogens is 417 g/mol. The molecule has 2 heterocycles. The lowest BCUT2D eigenvalue weighted by Crippen LogP contribution is -2.50. The number of hydrogen-bond donors (Lipinski definition) is 1. The second kappa shape index (κ2) is 6.87. The number of aliphatic hydroxyl groups is 1. The summed E-state index contributed by atoms with van der Waals surface area (Å²) in [4.78, 5) is 17.9. The predicted molar refractivity (Wildman–Crippen MR) is 122 cm³/mol. The fourth-order valence-electron chi connectivity index (χ4n) is 9.58. The van der Waals surface area contributed by atoms with Gasteiger partial charge in [0.1, 0.15) is 23.8 Å². The predicted octanol–water partition coefficient (Wildman–Crippen LogP) is 4.58. The molecule has 1 N–H and O–H groups in total. The Kier molecular flexibility index (Phi) is 4.27. The minimum Gasteiger partial charge on any atom is -0.386 e. The highest BCUT2D eigenvalue weighted by Crippen LogP contribution is 2.69. The van der Waals surface area contributed by atoms with Gasteiger partial charge in [0.2, 0.25) is 0 Å². The van der Waals surface area contributed by atoms with Crippen LogP contribution in [0, 0.1) is 46.8 Å². The highest BCUT2D eigenvalue weighted by atomic mass is 19.1. The maximum Gasteiger partial charge on any atom is 0.157 e. The molecule has 10 unspecified atom stereocenters. The van der Waals surface area contributed by atoms with Crippen LogP contribution in [0.3, 0.4) is 0 Å². The molecule has 176 valence electrons. The molecule has 10 atom stereocenters. The van der Waals surface area contributed by atoms with Crippen LogP contribution in [0.4, 0.5) is 4.39 Å². The van der Waals surface area contributed by atoms with Crippen molar-refractivity contribution >= 4 is 16.8 Å². The molecule has 6 heteroatoms. The average molecular weight is 452 g/mol. The van der Waals surface area contributed by atoms with E-state index in [2.05, 4.69) is 17.0 Å². The van der Waals surface area contributed by atoms with Crippen molar-refractivity contribution in [2.45, 2.75) is 76.6 Å². The van der Waals surface area contributed by atoms with Gasteiger partial charge in [-0.15, -0.1) is 0 Å². The fourth-order valence-corrected chi connectivity index (χ4v) is 9.58. The van der Waals surface area contributed by atoms with Gasteiger partial charge in [0.05, 0.1) is 11.7 Å². The van der Waals surface area contributed by atoms with E-state index >= 15 is 0 Å². The van der Waals surface area contributed by atoms with Crippen molar-refractivity contribution in [3.8, 4) is 0 Å². The monoisotopic (exact) mass is 451 g/mol. The normalized spacial score (nSPS) is 48.0. The van der Waals surface area contributed by atoms with Crippen LogP contribution in [0.5, 0.6) is 0 Å². The van der Waals surface area contributed by atoms with E-state index in [9.17, 15) is 14.3 Å². The van der Waals surface area contributed by atoms with Crippen LogP contribution >= 0.6 is 0 Å². The highest BCUT2D eigenvalue weighted by molar-refractivity contribution is 5.84. The van der Waals surface area contributed by atoms with E-state index in [0.29, 0.717) is 48.3 Å².